The van der Waals surface area contributed by atoms with Crippen molar-refractivity contribution in [1.82, 2.24) is 9.13 Å². The van der Waals surface area contributed by atoms with Gasteiger partial charge in [-0.25, -0.2) is 0 Å². The summed E-state index contributed by atoms with van der Waals surface area (Å²) < 4.78 is 14.3. The number of benzene rings is 3. The normalized spacial score (nSPS) is 16.8. The third kappa shape index (κ3) is 8.53. The van der Waals surface area contributed by atoms with E-state index < -0.39 is 26.5 Å². The molecule has 1 fully saturated rings. The van der Waals surface area contributed by atoms with Crippen molar-refractivity contribution in [3.8, 4) is 11.6 Å². The Bertz CT molecular complexity index is 1610. The van der Waals surface area contributed by atoms with Gasteiger partial charge in [-0.15, -0.1) is 0 Å². The van der Waals surface area contributed by atoms with E-state index in [0.29, 0.717) is 17.9 Å². The number of halogens is 1. The van der Waals surface area contributed by atoms with Crippen LogP contribution < -0.4 is 14.8 Å². The number of nitrogens with zero attached hydrogens (tertiary/aromatic N) is 2. The minimum absolute atomic E-state index is 0.156. The number of hydrogen-bond acceptors (Lipinski definition) is 1. The second kappa shape index (κ2) is 17.4. The average Bonchev–Trinajstić information content (AvgIpc) is 3.44. The molecule has 0 atom stereocenters. The fourth-order valence-electron chi connectivity index (χ4n) is 7.98. The van der Waals surface area contributed by atoms with E-state index in [-0.39, 0.29) is 5.04 Å². The summed E-state index contributed by atoms with van der Waals surface area (Å²) in [5.74, 6) is 1.65. The van der Waals surface area contributed by atoms with Gasteiger partial charge in [-0.1, -0.05) is 0 Å². The summed E-state index contributed by atoms with van der Waals surface area (Å²) in [6, 6.07) is 29.5. The van der Waals surface area contributed by atoms with E-state index in [9.17, 15) is 0 Å². The van der Waals surface area contributed by atoms with Crippen LogP contribution in [0.4, 0.5) is 0 Å². The van der Waals surface area contributed by atoms with Crippen LogP contribution in [0.5, 0.6) is 5.88 Å². The standard InChI is InChI=1S/C43H60N2OSi.Au.ClH/c1-34(2)39-30-23-31-40(35(3)4)42(39)45-33-44(36-24-17-13-11-9-8-10-12-14-18-25-36)32-41(45)46-47(43(5,6)7,37-26-19-15-20-27-37)38-28-21-16-22-29-38;;/h15-16,19-23,26-32,34-36H,8-14,17-18,24-25H2,1-7H3;;1H/q;+1;/p-1. The molecule has 3 aromatic carbocycles. The van der Waals surface area contributed by atoms with Crippen molar-refractivity contribution >= 4 is 27.9 Å². The number of para-hydroxylation sites is 1. The molecule has 270 valence electrons. The van der Waals surface area contributed by atoms with Crippen LogP contribution in [0.1, 0.15) is 148 Å². The molecule has 0 aliphatic heterocycles. The van der Waals surface area contributed by atoms with Crippen LogP contribution >= 0.6 is 9.19 Å². The van der Waals surface area contributed by atoms with E-state index >= 15 is 0 Å². The van der Waals surface area contributed by atoms with Crippen LogP contribution in [-0.2, 0) is 18.2 Å². The number of hydrogen-bond donors (Lipinski definition) is 0. The molecule has 0 bridgehead atoms. The molecule has 49 heavy (non-hydrogen) atoms. The third-order valence-electron chi connectivity index (χ3n) is 10.6. The first-order valence-electron chi connectivity index (χ1n) is 18.9. The molecule has 0 radical (unpaired) electrons. The molecule has 0 unspecified atom stereocenters. The molecule has 1 aromatic heterocycles. The molecule has 0 N–H and O–H groups in total. The molecule has 1 saturated carbocycles. The van der Waals surface area contributed by atoms with Gasteiger partial charge >= 0.3 is 313 Å². The van der Waals surface area contributed by atoms with Gasteiger partial charge in [-0.3, -0.25) is 0 Å². The van der Waals surface area contributed by atoms with Crippen molar-refractivity contribution in [1.29, 1.82) is 0 Å². The summed E-state index contributed by atoms with van der Waals surface area (Å²) in [5.41, 5.74) is 3.99. The predicted molar refractivity (Wildman–Crippen MR) is 209 cm³/mol. The minimum atomic E-state index is -2.93. The SMILES string of the molecule is CC(C)c1cccc(C(C)C)c1-n1c(O[Si](c2ccccc2)(c2ccccc2)C(C)(C)C)cn(C2CCCCCCCCCCC2)/[c]1=[Au]\[Cl]. The first-order chi connectivity index (χ1) is 23.6. The van der Waals surface area contributed by atoms with Gasteiger partial charge in [0.25, 0.3) is 0 Å². The van der Waals surface area contributed by atoms with Gasteiger partial charge in [-0.2, -0.15) is 0 Å². The van der Waals surface area contributed by atoms with Crippen molar-refractivity contribution in [2.24, 2.45) is 0 Å². The number of rotatable bonds is 8. The van der Waals surface area contributed by atoms with Crippen molar-refractivity contribution < 1.29 is 22.6 Å². The Morgan fingerprint density at radius 3 is 1.53 bits per heavy atom. The second-order valence-corrected chi connectivity index (χ2v) is 22.3. The Labute approximate surface area is 311 Å². The molecule has 1 aliphatic carbocycles. The first-order valence-corrected chi connectivity index (χ1v) is 24.6. The molecule has 0 saturated heterocycles. The van der Waals surface area contributed by atoms with Crippen LogP contribution in [0.2, 0.25) is 5.04 Å². The fourth-order valence-corrected chi connectivity index (χ4v) is 14.7. The van der Waals surface area contributed by atoms with Crippen molar-refractivity contribution in [3.63, 3.8) is 0 Å². The van der Waals surface area contributed by atoms with Gasteiger partial charge in [0.2, 0.25) is 0 Å². The summed E-state index contributed by atoms with van der Waals surface area (Å²) >= 11 is -0.674. The Hall–Kier alpha value is -2.08. The van der Waals surface area contributed by atoms with Gasteiger partial charge in [-0.05, 0) is 0 Å². The van der Waals surface area contributed by atoms with Gasteiger partial charge in [0.15, 0.2) is 0 Å². The van der Waals surface area contributed by atoms with E-state index in [1.54, 1.807) is 0 Å². The molecule has 4 aromatic rings. The fraction of sp³-hybridized carbons (Fsp3) is 0.512. The van der Waals surface area contributed by atoms with E-state index in [1.807, 2.05) is 0 Å². The summed E-state index contributed by atoms with van der Waals surface area (Å²) in [7, 11) is 4.34. The second-order valence-electron chi connectivity index (χ2n) is 15.8. The molecule has 1 aliphatic rings. The van der Waals surface area contributed by atoms with Gasteiger partial charge < -0.3 is 0 Å². The average molecular weight is 881 g/mol. The molecule has 5 rings (SSSR count). The maximum absolute atomic E-state index is 7.98. The zero-order valence-electron chi connectivity index (χ0n) is 31.1. The molecule has 0 amide bonds. The monoisotopic (exact) mass is 880 g/mol. The van der Waals surface area contributed by atoms with Crippen LogP contribution in [-0.4, -0.2) is 17.5 Å². The molecule has 6 heteroatoms. The summed E-state index contributed by atoms with van der Waals surface area (Å²) in [6.45, 7) is 16.4. The first kappa shape index (κ1) is 38.2. The van der Waals surface area contributed by atoms with Gasteiger partial charge in [0.1, 0.15) is 0 Å². The van der Waals surface area contributed by atoms with Gasteiger partial charge in [0, 0.05) is 0 Å². The van der Waals surface area contributed by atoms with Crippen LogP contribution in [0.25, 0.3) is 5.69 Å². The molecule has 3 nitrogen and oxygen atoms in total. The molecule has 0 spiro atoms. The van der Waals surface area contributed by atoms with Crippen molar-refractivity contribution in [3.05, 3.63) is 99.8 Å². The van der Waals surface area contributed by atoms with Crippen LogP contribution in [0, 0.1) is 3.63 Å². The Kier molecular flexibility index (Phi) is 13.6. The van der Waals surface area contributed by atoms with E-state index in [0.717, 1.165) is 5.88 Å². The zero-order valence-corrected chi connectivity index (χ0v) is 35.0. The zero-order chi connectivity index (χ0) is 35.0. The molecule has 1 heterocycles. The summed E-state index contributed by atoms with van der Waals surface area (Å²) in [6.07, 6.45) is 16.8. The van der Waals surface area contributed by atoms with Crippen molar-refractivity contribution in [2.75, 3.05) is 0 Å². The predicted octanol–water partition coefficient (Wildman–Crippen LogP) is 12.1. The Morgan fingerprint density at radius 2 is 1.12 bits per heavy atom. The number of aromatic nitrogens is 2. The van der Waals surface area contributed by atoms with E-state index in [4.69, 9.17) is 13.6 Å². The third-order valence-corrected chi connectivity index (χ3v) is 17.8. The molecular formula is C43H60AuClN2OSi. The van der Waals surface area contributed by atoms with Crippen LogP contribution in [0.15, 0.2) is 85.1 Å². The maximum atomic E-state index is 7.98. The van der Waals surface area contributed by atoms with Crippen LogP contribution in [0.3, 0.4) is 0 Å². The summed E-state index contributed by atoms with van der Waals surface area (Å²) in [5, 5.41) is 2.43. The quantitative estimate of drug-likeness (QED) is 0.161. The summed E-state index contributed by atoms with van der Waals surface area (Å²) in [4.78, 5) is 0. The Balaban J connectivity index is 1.83. The Morgan fingerprint density at radius 1 is 0.673 bits per heavy atom. The molecular weight excluding hydrogens is 821 g/mol. The van der Waals surface area contributed by atoms with E-state index in [2.05, 4.69) is 143 Å². The van der Waals surface area contributed by atoms with Crippen molar-refractivity contribution in [2.45, 2.75) is 142 Å². The van der Waals surface area contributed by atoms with E-state index in [1.165, 1.54) is 101 Å². The number of imidazole rings is 1. The topological polar surface area (TPSA) is 19.1 Å². The van der Waals surface area contributed by atoms with Gasteiger partial charge in [0.05, 0.1) is 0 Å².